The Morgan fingerprint density at radius 2 is 0.633 bits per heavy atom. The minimum absolute atomic E-state index is 0.0881. The minimum atomic E-state index is -0.0958. The minimum Gasteiger partial charge on any atom is -0.311 e. The maximum atomic E-state index is 2.61. The molecule has 0 saturated heterocycles. The Labute approximate surface area is 465 Å². The van der Waals surface area contributed by atoms with Gasteiger partial charge in [0.05, 0.1) is 0 Å². The Balaban J connectivity index is 1.14. The van der Waals surface area contributed by atoms with Crippen LogP contribution in [0.1, 0.15) is 26.3 Å². The van der Waals surface area contributed by atoms with Crippen LogP contribution in [-0.2, 0) is 5.41 Å². The maximum absolute atomic E-state index is 2.61. The highest BCUT2D eigenvalue weighted by molar-refractivity contribution is 7.00. The molecule has 3 heteroatoms. The molecule has 0 amide bonds. The highest BCUT2D eigenvalue weighted by atomic mass is 15.2. The van der Waals surface area contributed by atoms with Gasteiger partial charge < -0.3 is 9.80 Å². The van der Waals surface area contributed by atoms with Crippen molar-refractivity contribution in [3.63, 3.8) is 0 Å². The predicted molar refractivity (Wildman–Crippen MR) is 337 cm³/mol. The Bertz CT molecular complexity index is 4020. The third kappa shape index (κ3) is 8.65. The Morgan fingerprint density at radius 3 is 1.04 bits per heavy atom. The van der Waals surface area contributed by atoms with Crippen molar-refractivity contribution in [1.29, 1.82) is 0 Å². The van der Waals surface area contributed by atoms with Gasteiger partial charge in [0.1, 0.15) is 0 Å². The third-order valence-electron chi connectivity index (χ3n) is 16.1. The van der Waals surface area contributed by atoms with Crippen molar-refractivity contribution in [3.05, 3.63) is 297 Å². The van der Waals surface area contributed by atoms with E-state index in [9.17, 15) is 0 Å². The van der Waals surface area contributed by atoms with E-state index < -0.39 is 0 Å². The summed E-state index contributed by atoms with van der Waals surface area (Å²) in [5, 5.41) is 0. The molecule has 0 unspecified atom stereocenters. The summed E-state index contributed by atoms with van der Waals surface area (Å²) in [6.07, 6.45) is 0. The highest BCUT2D eigenvalue weighted by Gasteiger charge is 2.44. The van der Waals surface area contributed by atoms with Crippen LogP contribution < -0.4 is 26.2 Å². The lowest BCUT2D eigenvalue weighted by atomic mass is 9.33. The third-order valence-corrected chi connectivity index (χ3v) is 16.1. The Morgan fingerprint density at radius 1 is 0.266 bits per heavy atom. The molecule has 374 valence electrons. The van der Waals surface area contributed by atoms with E-state index in [1.165, 1.54) is 83.4 Å². The molecule has 12 aromatic rings. The van der Waals surface area contributed by atoms with Gasteiger partial charge in [-0.2, -0.15) is 0 Å². The van der Waals surface area contributed by atoms with Gasteiger partial charge in [-0.3, -0.25) is 0 Å². The molecule has 2 heterocycles. The fourth-order valence-electron chi connectivity index (χ4n) is 12.4. The molecule has 2 nitrogen and oxygen atoms in total. The van der Waals surface area contributed by atoms with Crippen molar-refractivity contribution < 1.29 is 0 Å². The summed E-state index contributed by atoms with van der Waals surface area (Å²) in [5.74, 6) is 0. The normalized spacial score (nSPS) is 12.4. The van der Waals surface area contributed by atoms with Crippen LogP contribution in [-0.4, -0.2) is 6.71 Å². The molecule has 0 aliphatic carbocycles. The van der Waals surface area contributed by atoms with Crippen LogP contribution >= 0.6 is 0 Å². The smallest absolute Gasteiger partial charge is 0.252 e. The number of nitrogens with zero attached hydrogens (tertiary/aromatic N) is 2. The largest absolute Gasteiger partial charge is 0.311 e. The average Bonchev–Trinajstić information content (AvgIpc) is 3.70. The highest BCUT2D eigenvalue weighted by Crippen LogP contribution is 2.51. The number of hydrogen-bond donors (Lipinski definition) is 0. The molecular weight excluding hydrogens is 952 g/mol. The topological polar surface area (TPSA) is 6.48 Å². The van der Waals surface area contributed by atoms with Gasteiger partial charge in [0, 0.05) is 34.1 Å². The molecule has 0 radical (unpaired) electrons. The number of benzene rings is 12. The zero-order chi connectivity index (χ0) is 53.0. The molecule has 14 rings (SSSR count). The van der Waals surface area contributed by atoms with Crippen LogP contribution in [0.15, 0.2) is 291 Å². The lowest BCUT2D eigenvalue weighted by Crippen LogP contribution is -2.61. The van der Waals surface area contributed by atoms with Crippen molar-refractivity contribution >= 4 is 57.2 Å². The van der Waals surface area contributed by atoms with Crippen molar-refractivity contribution in [1.82, 2.24) is 0 Å². The van der Waals surface area contributed by atoms with Crippen LogP contribution in [0.4, 0.5) is 34.1 Å². The first-order valence-corrected chi connectivity index (χ1v) is 27.6. The lowest BCUT2D eigenvalue weighted by molar-refractivity contribution is 0.591. The molecule has 0 atom stereocenters. The first kappa shape index (κ1) is 47.7. The molecule has 2 aliphatic heterocycles. The van der Waals surface area contributed by atoms with Gasteiger partial charge in [0.25, 0.3) is 6.71 Å². The SMILES string of the molecule is CC(C)(C)c1ccc2c(c1)B1c3ccccc3N(c3cc(-c4ccccc4)cc(-c4ccccc4)c3)c3cc(-c4c(-c5ccccc5)cccc4-c4ccccc4)cc(c31)N2c1cc(-c2ccccc2)cc(-c2ccccc2)c1. The quantitative estimate of drug-likeness (QED) is 0.133. The standard InChI is InChI=1S/C76H57BN2/c1-76(2,3)63-41-42-71-69(51-63)77-68-39-22-23-40-70(68)78(64-45-58(52-25-10-4-11-26-52)43-59(46-64)53-27-12-5-13-28-53)72-49-62(74-66(56-33-18-8-19-34-56)37-24-38-67(74)57-35-20-9-21-36-57)50-73(75(72)77)79(71)65-47-60(54-29-14-6-15-30-54)44-61(48-65)55-31-16-7-17-32-55/h4-51H,1-3H3. The number of fused-ring (bicyclic) bond motifs is 4. The van der Waals surface area contributed by atoms with Gasteiger partial charge in [0.15, 0.2) is 0 Å². The van der Waals surface area contributed by atoms with E-state index in [4.69, 9.17) is 0 Å². The molecule has 0 spiro atoms. The Kier molecular flexibility index (Phi) is 11.9. The molecule has 2 aliphatic rings. The van der Waals surface area contributed by atoms with E-state index in [2.05, 4.69) is 322 Å². The number of rotatable bonds is 9. The second-order valence-electron chi connectivity index (χ2n) is 22.1. The summed E-state index contributed by atoms with van der Waals surface area (Å²) in [5.41, 5.74) is 28.3. The molecule has 0 fully saturated rings. The molecule has 12 aromatic carbocycles. The van der Waals surface area contributed by atoms with Crippen LogP contribution in [0.25, 0.3) is 77.9 Å². The van der Waals surface area contributed by atoms with Crippen molar-refractivity contribution in [3.8, 4) is 77.9 Å². The van der Waals surface area contributed by atoms with Gasteiger partial charge in [-0.25, -0.2) is 0 Å². The van der Waals surface area contributed by atoms with Crippen LogP contribution in [0.5, 0.6) is 0 Å². The van der Waals surface area contributed by atoms with Crippen molar-refractivity contribution in [2.45, 2.75) is 26.2 Å². The summed E-state index contributed by atoms with van der Waals surface area (Å²) < 4.78 is 0. The summed E-state index contributed by atoms with van der Waals surface area (Å²) in [7, 11) is 0. The van der Waals surface area contributed by atoms with E-state index in [0.29, 0.717) is 0 Å². The van der Waals surface area contributed by atoms with Crippen molar-refractivity contribution in [2.24, 2.45) is 0 Å². The molecule has 0 N–H and O–H groups in total. The second-order valence-corrected chi connectivity index (χ2v) is 22.1. The van der Waals surface area contributed by atoms with Gasteiger partial charge >= 0.3 is 0 Å². The first-order valence-electron chi connectivity index (χ1n) is 27.6. The fourth-order valence-corrected chi connectivity index (χ4v) is 12.4. The fraction of sp³-hybridized carbons (Fsp3) is 0.0526. The van der Waals surface area contributed by atoms with E-state index >= 15 is 0 Å². The monoisotopic (exact) mass is 1010 g/mol. The predicted octanol–water partition coefficient (Wildman–Crippen LogP) is 18.7. The molecule has 0 bridgehead atoms. The second kappa shape index (κ2) is 19.7. The number of hydrogen-bond acceptors (Lipinski definition) is 2. The molecular formula is C76H57BN2. The van der Waals surface area contributed by atoms with Crippen LogP contribution in [0.2, 0.25) is 0 Å². The summed E-state index contributed by atoms with van der Waals surface area (Å²) >= 11 is 0. The van der Waals surface area contributed by atoms with E-state index in [0.717, 1.165) is 50.6 Å². The average molecular weight is 1010 g/mol. The van der Waals surface area contributed by atoms with Gasteiger partial charge in [0.2, 0.25) is 0 Å². The summed E-state index contributed by atoms with van der Waals surface area (Å²) in [4.78, 5) is 5.20. The lowest BCUT2D eigenvalue weighted by Gasteiger charge is -2.45. The zero-order valence-electron chi connectivity index (χ0n) is 44.7. The Hall–Kier alpha value is -9.70. The van der Waals surface area contributed by atoms with Gasteiger partial charge in [-0.15, -0.1) is 0 Å². The number of para-hydroxylation sites is 1. The van der Waals surface area contributed by atoms with E-state index in [1.807, 2.05) is 0 Å². The summed E-state index contributed by atoms with van der Waals surface area (Å²) in [6, 6.07) is 108. The molecule has 0 aromatic heterocycles. The van der Waals surface area contributed by atoms with Crippen molar-refractivity contribution in [2.75, 3.05) is 9.80 Å². The zero-order valence-corrected chi connectivity index (χ0v) is 44.7. The summed E-state index contributed by atoms with van der Waals surface area (Å²) in [6.45, 7) is 6.93. The number of anilines is 6. The first-order chi connectivity index (χ1) is 38.8. The van der Waals surface area contributed by atoms with E-state index in [-0.39, 0.29) is 12.1 Å². The molecule has 79 heavy (non-hydrogen) atoms. The maximum Gasteiger partial charge on any atom is 0.252 e. The van der Waals surface area contributed by atoms with E-state index in [1.54, 1.807) is 0 Å². The van der Waals surface area contributed by atoms with Gasteiger partial charge in [-0.05, 0) is 166 Å². The van der Waals surface area contributed by atoms with Gasteiger partial charge in [-0.1, -0.05) is 251 Å². The van der Waals surface area contributed by atoms with Crippen LogP contribution in [0, 0.1) is 0 Å². The molecule has 0 saturated carbocycles. The van der Waals surface area contributed by atoms with Crippen LogP contribution in [0.3, 0.4) is 0 Å².